The van der Waals surface area contributed by atoms with Crippen molar-refractivity contribution in [3.8, 4) is 0 Å². The van der Waals surface area contributed by atoms with E-state index in [1.54, 1.807) is 0 Å². The summed E-state index contributed by atoms with van der Waals surface area (Å²) < 4.78 is 1.47. The Bertz CT molecular complexity index is 193. The standard InChI is InChI=1S/C16H32N.HI/c1-3-17(4-2,15-11-7-5-8-12-15)16-13-9-6-10-14-16;/h15-16H,3-14H2,1-2H3;1H/q+1;/p-1. The van der Waals surface area contributed by atoms with E-state index in [0.717, 1.165) is 12.1 Å². The molecule has 18 heavy (non-hydrogen) atoms. The summed E-state index contributed by atoms with van der Waals surface area (Å²) >= 11 is 0. The topological polar surface area (TPSA) is 0 Å². The zero-order chi connectivity index (χ0) is 12.1. The molecule has 0 heterocycles. The summed E-state index contributed by atoms with van der Waals surface area (Å²) in [5.74, 6) is 0. The van der Waals surface area contributed by atoms with E-state index in [-0.39, 0.29) is 24.0 Å². The molecule has 0 aromatic rings. The van der Waals surface area contributed by atoms with Crippen LogP contribution in [0.4, 0.5) is 0 Å². The predicted molar refractivity (Wildman–Crippen MR) is 75.1 cm³/mol. The average Bonchev–Trinajstić information content (AvgIpc) is 2.43. The minimum Gasteiger partial charge on any atom is -1.00 e. The fourth-order valence-electron chi connectivity index (χ4n) is 4.75. The first-order valence-corrected chi connectivity index (χ1v) is 8.20. The monoisotopic (exact) mass is 365 g/mol. The van der Waals surface area contributed by atoms with Crippen LogP contribution in [-0.4, -0.2) is 29.7 Å². The van der Waals surface area contributed by atoms with E-state index in [1.807, 2.05) is 0 Å². The lowest BCUT2D eigenvalue weighted by atomic mass is 9.85. The van der Waals surface area contributed by atoms with E-state index in [4.69, 9.17) is 0 Å². The molecule has 2 aliphatic rings. The van der Waals surface area contributed by atoms with Crippen molar-refractivity contribution in [2.75, 3.05) is 13.1 Å². The van der Waals surface area contributed by atoms with Crippen LogP contribution >= 0.6 is 0 Å². The Labute approximate surface area is 131 Å². The van der Waals surface area contributed by atoms with Gasteiger partial charge in [0.1, 0.15) is 0 Å². The van der Waals surface area contributed by atoms with Crippen LogP contribution in [-0.2, 0) is 0 Å². The minimum atomic E-state index is 0. The van der Waals surface area contributed by atoms with Gasteiger partial charge in [-0.3, -0.25) is 0 Å². The van der Waals surface area contributed by atoms with Crippen molar-refractivity contribution in [1.29, 1.82) is 0 Å². The van der Waals surface area contributed by atoms with Gasteiger partial charge in [0.2, 0.25) is 0 Å². The molecule has 108 valence electrons. The Morgan fingerprint density at radius 1 is 0.667 bits per heavy atom. The molecule has 0 radical (unpaired) electrons. The second-order valence-electron chi connectivity index (χ2n) is 6.32. The van der Waals surface area contributed by atoms with Crippen LogP contribution in [0.3, 0.4) is 0 Å². The average molecular weight is 365 g/mol. The number of rotatable bonds is 4. The minimum absolute atomic E-state index is 0. The van der Waals surface area contributed by atoms with Crippen LogP contribution < -0.4 is 24.0 Å². The Balaban J connectivity index is 0.00000162. The molecule has 2 aliphatic carbocycles. The smallest absolute Gasteiger partial charge is 0.0892 e. The van der Waals surface area contributed by atoms with E-state index in [9.17, 15) is 0 Å². The molecule has 2 rings (SSSR count). The van der Waals surface area contributed by atoms with Gasteiger partial charge in [-0.1, -0.05) is 12.8 Å². The Morgan fingerprint density at radius 2 is 1.00 bits per heavy atom. The highest BCUT2D eigenvalue weighted by Gasteiger charge is 2.41. The van der Waals surface area contributed by atoms with Gasteiger partial charge in [-0.05, 0) is 65.2 Å². The van der Waals surface area contributed by atoms with Crippen LogP contribution in [0, 0.1) is 0 Å². The third-order valence-electron chi connectivity index (χ3n) is 5.78. The highest BCUT2D eigenvalue weighted by atomic mass is 127. The first-order chi connectivity index (χ1) is 8.33. The molecule has 2 fully saturated rings. The summed E-state index contributed by atoms with van der Waals surface area (Å²) in [7, 11) is 0. The zero-order valence-electron chi connectivity index (χ0n) is 12.5. The summed E-state index contributed by atoms with van der Waals surface area (Å²) in [6, 6.07) is 2.00. The third-order valence-corrected chi connectivity index (χ3v) is 5.78. The molecule has 1 nitrogen and oxygen atoms in total. The molecule has 0 bridgehead atoms. The molecule has 2 heteroatoms. The molecule has 0 saturated heterocycles. The molecule has 0 aliphatic heterocycles. The fraction of sp³-hybridized carbons (Fsp3) is 1.00. The molecule has 0 unspecified atom stereocenters. The van der Waals surface area contributed by atoms with Gasteiger partial charge in [0.15, 0.2) is 0 Å². The normalized spacial score (nSPS) is 23.7. The summed E-state index contributed by atoms with van der Waals surface area (Å²) in [4.78, 5) is 0. The van der Waals surface area contributed by atoms with E-state index in [2.05, 4.69) is 13.8 Å². The summed E-state index contributed by atoms with van der Waals surface area (Å²) in [5.41, 5.74) is 0. The van der Waals surface area contributed by atoms with Gasteiger partial charge >= 0.3 is 0 Å². The molecular weight excluding hydrogens is 333 g/mol. The van der Waals surface area contributed by atoms with Crippen molar-refractivity contribution in [3.05, 3.63) is 0 Å². The molecule has 0 atom stereocenters. The molecule has 0 aromatic heterocycles. The Hall–Kier alpha value is 0.690. The van der Waals surface area contributed by atoms with Crippen molar-refractivity contribution >= 4 is 0 Å². The molecule has 0 amide bonds. The fourth-order valence-corrected chi connectivity index (χ4v) is 4.75. The van der Waals surface area contributed by atoms with E-state index >= 15 is 0 Å². The van der Waals surface area contributed by atoms with Gasteiger partial charge in [-0.2, -0.15) is 0 Å². The maximum Gasteiger partial charge on any atom is 0.0892 e. The van der Waals surface area contributed by atoms with Gasteiger partial charge in [-0.25, -0.2) is 0 Å². The zero-order valence-corrected chi connectivity index (χ0v) is 14.6. The van der Waals surface area contributed by atoms with Gasteiger partial charge in [0.25, 0.3) is 0 Å². The van der Waals surface area contributed by atoms with Gasteiger partial charge < -0.3 is 28.5 Å². The van der Waals surface area contributed by atoms with Crippen LogP contribution in [0.25, 0.3) is 0 Å². The second kappa shape index (κ2) is 8.08. The first-order valence-electron chi connectivity index (χ1n) is 8.20. The van der Waals surface area contributed by atoms with Gasteiger partial charge in [0.05, 0.1) is 25.2 Å². The van der Waals surface area contributed by atoms with Crippen LogP contribution in [0.2, 0.25) is 0 Å². The predicted octanol–water partition coefficient (Wildman–Crippen LogP) is 1.51. The lowest BCUT2D eigenvalue weighted by Crippen LogP contribution is -3.00. The molecule has 0 N–H and O–H groups in total. The quantitative estimate of drug-likeness (QED) is 0.524. The van der Waals surface area contributed by atoms with Crippen molar-refractivity contribution in [2.45, 2.75) is 90.1 Å². The number of hydrogen-bond acceptors (Lipinski definition) is 0. The number of quaternary nitrogens is 1. The van der Waals surface area contributed by atoms with Crippen molar-refractivity contribution < 1.29 is 28.5 Å². The number of halogens is 1. The molecular formula is C16H32IN. The summed E-state index contributed by atoms with van der Waals surface area (Å²) in [6.07, 6.45) is 15.0. The Kier molecular flexibility index (Phi) is 7.52. The van der Waals surface area contributed by atoms with Gasteiger partial charge in [0, 0.05) is 0 Å². The van der Waals surface area contributed by atoms with Crippen LogP contribution in [0.15, 0.2) is 0 Å². The maximum absolute atomic E-state index is 2.45. The molecule has 0 aromatic carbocycles. The van der Waals surface area contributed by atoms with Gasteiger partial charge in [-0.15, -0.1) is 0 Å². The van der Waals surface area contributed by atoms with E-state index in [1.165, 1.54) is 81.8 Å². The highest BCUT2D eigenvalue weighted by Crippen LogP contribution is 2.36. The SMILES string of the molecule is CC[N+](CC)(C1CCCCC1)C1CCCCC1.[I-]. The first kappa shape index (κ1) is 16.7. The number of nitrogens with zero attached hydrogens (tertiary/aromatic N) is 1. The molecule has 0 spiro atoms. The summed E-state index contributed by atoms with van der Waals surface area (Å²) in [5, 5.41) is 0. The largest absolute Gasteiger partial charge is 1.00 e. The molecule has 2 saturated carbocycles. The van der Waals surface area contributed by atoms with E-state index in [0.29, 0.717) is 0 Å². The van der Waals surface area contributed by atoms with Crippen molar-refractivity contribution in [3.63, 3.8) is 0 Å². The van der Waals surface area contributed by atoms with E-state index < -0.39 is 0 Å². The van der Waals surface area contributed by atoms with Crippen molar-refractivity contribution in [1.82, 2.24) is 0 Å². The second-order valence-corrected chi connectivity index (χ2v) is 6.32. The lowest BCUT2D eigenvalue weighted by Gasteiger charge is -2.51. The maximum atomic E-state index is 2.45. The number of hydrogen-bond donors (Lipinski definition) is 0. The highest BCUT2D eigenvalue weighted by molar-refractivity contribution is 4.74. The third kappa shape index (κ3) is 3.41. The Morgan fingerprint density at radius 3 is 1.28 bits per heavy atom. The summed E-state index contributed by atoms with van der Waals surface area (Å²) in [6.45, 7) is 7.66. The lowest BCUT2D eigenvalue weighted by molar-refractivity contribution is -0.972. The van der Waals surface area contributed by atoms with Crippen LogP contribution in [0.1, 0.15) is 78.1 Å². The van der Waals surface area contributed by atoms with Crippen molar-refractivity contribution in [2.24, 2.45) is 0 Å². The van der Waals surface area contributed by atoms with Crippen LogP contribution in [0.5, 0.6) is 0 Å².